The smallest absolute Gasteiger partial charge is 0.287 e. The van der Waals surface area contributed by atoms with Gasteiger partial charge in [-0.25, -0.2) is 0 Å². The standard InChI is InChI=1S/C17H15NO4/c19-17(18-11-14-7-4-10-20-14)16-9-8-15(22-16)12-21-13-5-2-1-3-6-13/h1-10H,11-12H2,(H,18,19). The molecule has 3 aromatic rings. The zero-order chi connectivity index (χ0) is 15.2. The number of ether oxygens (including phenoxy) is 1. The molecule has 0 spiro atoms. The van der Waals surface area contributed by atoms with Gasteiger partial charge in [0, 0.05) is 0 Å². The summed E-state index contributed by atoms with van der Waals surface area (Å²) in [6.07, 6.45) is 1.56. The zero-order valence-corrected chi connectivity index (χ0v) is 11.8. The van der Waals surface area contributed by atoms with Gasteiger partial charge >= 0.3 is 0 Å². The highest BCUT2D eigenvalue weighted by atomic mass is 16.5. The second-order valence-electron chi connectivity index (χ2n) is 4.63. The number of amides is 1. The predicted octanol–water partition coefficient (Wildman–Crippen LogP) is 3.38. The van der Waals surface area contributed by atoms with Gasteiger partial charge in [-0.05, 0) is 36.4 Å². The van der Waals surface area contributed by atoms with Crippen molar-refractivity contribution in [2.24, 2.45) is 0 Å². The summed E-state index contributed by atoms with van der Waals surface area (Å²) in [6, 6.07) is 16.3. The number of nitrogens with one attached hydrogen (secondary N) is 1. The molecule has 0 saturated heterocycles. The van der Waals surface area contributed by atoms with E-state index in [2.05, 4.69) is 5.32 Å². The van der Waals surface area contributed by atoms with Gasteiger partial charge < -0.3 is 18.9 Å². The Bertz CT molecular complexity index is 716. The molecule has 0 aliphatic rings. The van der Waals surface area contributed by atoms with Crippen LogP contribution in [0.15, 0.2) is 69.7 Å². The van der Waals surface area contributed by atoms with Gasteiger partial charge in [0.1, 0.15) is 23.9 Å². The highest BCUT2D eigenvalue weighted by Gasteiger charge is 2.11. The van der Waals surface area contributed by atoms with Crippen molar-refractivity contribution in [2.75, 3.05) is 0 Å². The maximum Gasteiger partial charge on any atom is 0.287 e. The molecular weight excluding hydrogens is 282 g/mol. The van der Waals surface area contributed by atoms with E-state index in [-0.39, 0.29) is 18.3 Å². The van der Waals surface area contributed by atoms with Gasteiger partial charge in [0.05, 0.1) is 12.8 Å². The molecular formula is C17H15NO4. The van der Waals surface area contributed by atoms with Crippen molar-refractivity contribution in [3.63, 3.8) is 0 Å². The third-order valence-electron chi connectivity index (χ3n) is 3.01. The summed E-state index contributed by atoms with van der Waals surface area (Å²) in [4.78, 5) is 11.9. The minimum atomic E-state index is -0.289. The largest absolute Gasteiger partial charge is 0.486 e. The minimum Gasteiger partial charge on any atom is -0.486 e. The number of carbonyl (C=O) groups is 1. The van der Waals surface area contributed by atoms with E-state index in [0.717, 1.165) is 5.75 Å². The molecule has 0 unspecified atom stereocenters. The summed E-state index contributed by atoms with van der Waals surface area (Å²) in [7, 11) is 0. The fraction of sp³-hybridized carbons (Fsp3) is 0.118. The SMILES string of the molecule is O=C(NCc1ccco1)c1ccc(COc2ccccc2)o1. The van der Waals surface area contributed by atoms with E-state index in [1.807, 2.05) is 30.3 Å². The average Bonchev–Trinajstić information content (AvgIpc) is 3.23. The lowest BCUT2D eigenvalue weighted by Gasteiger charge is -2.03. The van der Waals surface area contributed by atoms with E-state index >= 15 is 0 Å². The maximum absolute atomic E-state index is 11.9. The third-order valence-corrected chi connectivity index (χ3v) is 3.01. The van der Waals surface area contributed by atoms with Crippen molar-refractivity contribution in [1.82, 2.24) is 5.32 Å². The van der Waals surface area contributed by atoms with Crippen LogP contribution in [0.2, 0.25) is 0 Å². The topological polar surface area (TPSA) is 64.6 Å². The van der Waals surface area contributed by atoms with E-state index in [4.69, 9.17) is 13.6 Å². The van der Waals surface area contributed by atoms with Crippen molar-refractivity contribution in [3.8, 4) is 5.75 Å². The first-order chi connectivity index (χ1) is 10.8. The van der Waals surface area contributed by atoms with E-state index in [9.17, 15) is 4.79 Å². The second-order valence-corrected chi connectivity index (χ2v) is 4.63. The highest BCUT2D eigenvalue weighted by Crippen LogP contribution is 2.14. The Labute approximate surface area is 127 Å². The Balaban J connectivity index is 1.53. The molecule has 3 rings (SSSR count). The van der Waals surface area contributed by atoms with Crippen LogP contribution in [0.5, 0.6) is 5.75 Å². The molecule has 22 heavy (non-hydrogen) atoms. The van der Waals surface area contributed by atoms with Crippen molar-refractivity contribution in [2.45, 2.75) is 13.2 Å². The number of benzene rings is 1. The molecule has 1 amide bonds. The highest BCUT2D eigenvalue weighted by molar-refractivity contribution is 5.91. The molecule has 0 atom stereocenters. The van der Waals surface area contributed by atoms with Crippen molar-refractivity contribution in [1.29, 1.82) is 0 Å². The van der Waals surface area contributed by atoms with Crippen molar-refractivity contribution < 1.29 is 18.4 Å². The first-order valence-corrected chi connectivity index (χ1v) is 6.88. The van der Waals surface area contributed by atoms with Gasteiger partial charge in [0.15, 0.2) is 5.76 Å². The summed E-state index contributed by atoms with van der Waals surface area (Å²) in [5.74, 6) is 1.99. The van der Waals surface area contributed by atoms with E-state index < -0.39 is 0 Å². The second kappa shape index (κ2) is 6.67. The quantitative estimate of drug-likeness (QED) is 0.757. The average molecular weight is 297 g/mol. The molecule has 0 radical (unpaired) electrons. The number of furan rings is 2. The molecule has 5 nitrogen and oxygen atoms in total. The minimum absolute atomic E-state index is 0.248. The van der Waals surface area contributed by atoms with Crippen LogP contribution in [-0.2, 0) is 13.2 Å². The van der Waals surface area contributed by atoms with E-state index in [0.29, 0.717) is 18.1 Å². The first kappa shape index (κ1) is 14.0. The maximum atomic E-state index is 11.9. The summed E-state index contributed by atoms with van der Waals surface area (Å²) < 4.78 is 16.2. The van der Waals surface area contributed by atoms with Crippen LogP contribution in [0.25, 0.3) is 0 Å². The Hall–Kier alpha value is -2.95. The van der Waals surface area contributed by atoms with Crippen LogP contribution in [0.1, 0.15) is 22.1 Å². The molecule has 2 aromatic heterocycles. The number of para-hydroxylation sites is 1. The molecule has 1 aromatic carbocycles. The lowest BCUT2D eigenvalue weighted by molar-refractivity contribution is 0.0916. The van der Waals surface area contributed by atoms with Gasteiger partial charge in [0.25, 0.3) is 5.91 Å². The molecule has 112 valence electrons. The van der Waals surface area contributed by atoms with Gasteiger partial charge in [0.2, 0.25) is 0 Å². The Kier molecular flexibility index (Phi) is 4.25. The molecule has 5 heteroatoms. The van der Waals surface area contributed by atoms with Gasteiger partial charge in [-0.2, -0.15) is 0 Å². The summed E-state index contributed by atoms with van der Waals surface area (Å²) >= 11 is 0. The number of rotatable bonds is 6. The lowest BCUT2D eigenvalue weighted by atomic mass is 10.3. The third kappa shape index (κ3) is 3.58. The number of hydrogen-bond donors (Lipinski definition) is 1. The summed E-state index contributed by atoms with van der Waals surface area (Å²) in [5, 5.41) is 2.72. The summed E-state index contributed by atoms with van der Waals surface area (Å²) in [6.45, 7) is 0.595. The van der Waals surface area contributed by atoms with Crippen LogP contribution >= 0.6 is 0 Å². The predicted molar refractivity (Wildman–Crippen MR) is 79.4 cm³/mol. The van der Waals surface area contributed by atoms with Gasteiger partial charge in [-0.1, -0.05) is 18.2 Å². The van der Waals surface area contributed by atoms with E-state index in [1.54, 1.807) is 30.5 Å². The van der Waals surface area contributed by atoms with Crippen LogP contribution in [-0.4, -0.2) is 5.91 Å². The van der Waals surface area contributed by atoms with Gasteiger partial charge in [-0.15, -0.1) is 0 Å². The first-order valence-electron chi connectivity index (χ1n) is 6.88. The van der Waals surface area contributed by atoms with Crippen LogP contribution in [0, 0.1) is 0 Å². The number of carbonyl (C=O) groups excluding carboxylic acids is 1. The molecule has 1 N–H and O–H groups in total. The van der Waals surface area contributed by atoms with Crippen LogP contribution in [0.4, 0.5) is 0 Å². The van der Waals surface area contributed by atoms with E-state index in [1.165, 1.54) is 0 Å². The molecule has 0 fully saturated rings. The lowest BCUT2D eigenvalue weighted by Crippen LogP contribution is -2.21. The van der Waals surface area contributed by atoms with Gasteiger partial charge in [-0.3, -0.25) is 4.79 Å². The molecule has 2 heterocycles. The number of hydrogen-bond acceptors (Lipinski definition) is 4. The Morgan fingerprint density at radius 1 is 1.00 bits per heavy atom. The molecule has 0 bridgehead atoms. The molecule has 0 saturated carbocycles. The fourth-order valence-corrected chi connectivity index (χ4v) is 1.92. The van der Waals surface area contributed by atoms with Crippen LogP contribution in [0.3, 0.4) is 0 Å². The Morgan fingerprint density at radius 3 is 2.64 bits per heavy atom. The normalized spacial score (nSPS) is 10.4. The molecule has 0 aliphatic carbocycles. The molecule has 0 aliphatic heterocycles. The van der Waals surface area contributed by atoms with Crippen molar-refractivity contribution >= 4 is 5.91 Å². The zero-order valence-electron chi connectivity index (χ0n) is 11.8. The van der Waals surface area contributed by atoms with Crippen molar-refractivity contribution in [3.05, 3.63) is 78.1 Å². The Morgan fingerprint density at radius 2 is 1.86 bits per heavy atom. The fourth-order valence-electron chi connectivity index (χ4n) is 1.92. The monoisotopic (exact) mass is 297 g/mol. The van der Waals surface area contributed by atoms with Crippen LogP contribution < -0.4 is 10.1 Å². The summed E-state index contributed by atoms with van der Waals surface area (Å²) in [5.41, 5.74) is 0.